The Hall–Kier alpha value is -1.39. The lowest BCUT2D eigenvalue weighted by molar-refractivity contribution is -0.124. The number of nitrogens with zero attached hydrogens (tertiary/aromatic N) is 1. The zero-order valence-corrected chi connectivity index (χ0v) is 11.8. The third kappa shape index (κ3) is 3.14. The summed E-state index contributed by atoms with van der Waals surface area (Å²) in [6.07, 6.45) is 1.04. The molecule has 0 fully saturated rings. The Morgan fingerprint density at radius 1 is 1.42 bits per heavy atom. The van der Waals surface area contributed by atoms with Crippen LogP contribution in [0.3, 0.4) is 0 Å². The number of nitrogens with two attached hydrogens (primary N) is 1. The van der Waals surface area contributed by atoms with Gasteiger partial charge >= 0.3 is 0 Å². The average molecular weight is 261 g/mol. The molecule has 0 saturated carbocycles. The van der Waals surface area contributed by atoms with Gasteiger partial charge in [-0.05, 0) is 31.0 Å². The van der Waals surface area contributed by atoms with Gasteiger partial charge in [-0.25, -0.2) is 0 Å². The number of amides is 1. The van der Waals surface area contributed by atoms with E-state index in [1.807, 2.05) is 13.8 Å². The van der Waals surface area contributed by atoms with E-state index in [-0.39, 0.29) is 5.91 Å². The van der Waals surface area contributed by atoms with E-state index in [4.69, 9.17) is 5.73 Å². The molecule has 4 nitrogen and oxygen atoms in total. The monoisotopic (exact) mass is 261 g/mol. The second-order valence-corrected chi connectivity index (χ2v) is 5.46. The highest BCUT2D eigenvalue weighted by Crippen LogP contribution is 2.20. The summed E-state index contributed by atoms with van der Waals surface area (Å²) in [5, 5.41) is 3.21. The topological polar surface area (TPSA) is 58.4 Å². The van der Waals surface area contributed by atoms with E-state index >= 15 is 0 Å². The fourth-order valence-corrected chi connectivity index (χ4v) is 2.75. The highest BCUT2D eigenvalue weighted by Gasteiger charge is 2.33. The normalized spacial score (nSPS) is 18.6. The molecule has 1 heterocycles. The summed E-state index contributed by atoms with van der Waals surface area (Å²) in [5.74, 6) is -0.284. The maximum absolute atomic E-state index is 11.7. The van der Waals surface area contributed by atoms with Crippen molar-refractivity contribution < 1.29 is 4.79 Å². The first kappa shape index (κ1) is 14.0. The molecule has 1 unspecified atom stereocenters. The first-order valence-electron chi connectivity index (χ1n) is 6.89. The second kappa shape index (κ2) is 5.72. The number of benzene rings is 1. The van der Waals surface area contributed by atoms with E-state index in [2.05, 4.69) is 34.5 Å². The van der Waals surface area contributed by atoms with Crippen LogP contribution >= 0.6 is 0 Å². The summed E-state index contributed by atoms with van der Waals surface area (Å²) in [7, 11) is 0. The molecule has 1 aliphatic rings. The van der Waals surface area contributed by atoms with Gasteiger partial charge in [0.2, 0.25) is 5.91 Å². The minimum absolute atomic E-state index is 0.284. The number of rotatable bonds is 5. The molecule has 1 aliphatic heterocycles. The predicted molar refractivity (Wildman–Crippen MR) is 76.7 cm³/mol. The minimum atomic E-state index is -0.652. The van der Waals surface area contributed by atoms with Gasteiger partial charge in [-0.15, -0.1) is 0 Å². The number of hydrogen-bond donors (Lipinski definition) is 2. The minimum Gasteiger partial charge on any atom is -0.368 e. The maximum atomic E-state index is 11.7. The third-order valence-corrected chi connectivity index (χ3v) is 3.86. The Balaban J connectivity index is 2.07. The van der Waals surface area contributed by atoms with Crippen LogP contribution in [0, 0.1) is 0 Å². The SMILES string of the molecule is CCNC(C)(CN1CCc2ccccc2C1)C(N)=O. The Labute approximate surface area is 115 Å². The Morgan fingerprint density at radius 3 is 2.74 bits per heavy atom. The number of primary amides is 1. The molecule has 1 atom stereocenters. The Kier molecular flexibility index (Phi) is 4.22. The highest BCUT2D eigenvalue weighted by atomic mass is 16.1. The van der Waals surface area contributed by atoms with Crippen LogP contribution in [-0.2, 0) is 17.8 Å². The fraction of sp³-hybridized carbons (Fsp3) is 0.533. The maximum Gasteiger partial charge on any atom is 0.238 e. The smallest absolute Gasteiger partial charge is 0.238 e. The lowest BCUT2D eigenvalue weighted by Crippen LogP contribution is -2.59. The molecular weight excluding hydrogens is 238 g/mol. The summed E-state index contributed by atoms with van der Waals surface area (Å²) in [4.78, 5) is 14.0. The number of carbonyl (C=O) groups is 1. The van der Waals surface area contributed by atoms with E-state index in [1.54, 1.807) is 0 Å². The van der Waals surface area contributed by atoms with Crippen LogP contribution in [0.2, 0.25) is 0 Å². The molecule has 0 spiro atoms. The van der Waals surface area contributed by atoms with Crippen LogP contribution in [0.25, 0.3) is 0 Å². The van der Waals surface area contributed by atoms with Crippen molar-refractivity contribution in [2.75, 3.05) is 19.6 Å². The van der Waals surface area contributed by atoms with Gasteiger partial charge in [-0.2, -0.15) is 0 Å². The Morgan fingerprint density at radius 2 is 2.11 bits per heavy atom. The van der Waals surface area contributed by atoms with E-state index in [1.165, 1.54) is 11.1 Å². The van der Waals surface area contributed by atoms with Gasteiger partial charge in [-0.3, -0.25) is 9.69 Å². The third-order valence-electron chi connectivity index (χ3n) is 3.86. The standard InChI is InChI=1S/C15H23N3O/c1-3-17-15(2,14(16)19)11-18-9-8-12-6-4-5-7-13(12)10-18/h4-7,17H,3,8-11H2,1-2H3,(H2,16,19). The van der Waals surface area contributed by atoms with Gasteiger partial charge in [0.25, 0.3) is 0 Å². The summed E-state index contributed by atoms with van der Waals surface area (Å²) in [6, 6.07) is 8.50. The first-order chi connectivity index (χ1) is 9.05. The lowest BCUT2D eigenvalue weighted by atomic mass is 9.96. The lowest BCUT2D eigenvalue weighted by Gasteiger charge is -2.36. The van der Waals surface area contributed by atoms with Crippen molar-refractivity contribution >= 4 is 5.91 Å². The molecule has 0 bridgehead atoms. The number of hydrogen-bond acceptors (Lipinski definition) is 3. The molecule has 0 aromatic heterocycles. The largest absolute Gasteiger partial charge is 0.368 e. The zero-order chi connectivity index (χ0) is 13.9. The summed E-state index contributed by atoms with van der Waals surface area (Å²) in [6.45, 7) is 7.15. The van der Waals surface area contributed by atoms with Crippen molar-refractivity contribution in [1.29, 1.82) is 0 Å². The first-order valence-corrected chi connectivity index (χ1v) is 6.89. The molecule has 1 amide bonds. The van der Waals surface area contributed by atoms with Crippen LogP contribution in [-0.4, -0.2) is 36.0 Å². The van der Waals surface area contributed by atoms with Gasteiger partial charge in [0, 0.05) is 19.6 Å². The molecule has 3 N–H and O–H groups in total. The molecule has 1 aromatic carbocycles. The van der Waals surface area contributed by atoms with Crippen molar-refractivity contribution in [2.24, 2.45) is 5.73 Å². The van der Waals surface area contributed by atoms with Gasteiger partial charge in [0.15, 0.2) is 0 Å². The summed E-state index contributed by atoms with van der Waals surface area (Å²) >= 11 is 0. The van der Waals surface area contributed by atoms with Crippen LogP contribution in [0.15, 0.2) is 24.3 Å². The molecule has 0 saturated heterocycles. The number of nitrogens with one attached hydrogen (secondary N) is 1. The predicted octanol–water partition coefficient (Wildman–Crippen LogP) is 0.898. The van der Waals surface area contributed by atoms with Crippen LogP contribution in [0.1, 0.15) is 25.0 Å². The van der Waals surface area contributed by atoms with Gasteiger partial charge in [0.1, 0.15) is 5.54 Å². The average Bonchev–Trinajstić information content (AvgIpc) is 2.38. The van der Waals surface area contributed by atoms with Crippen molar-refractivity contribution in [3.8, 4) is 0 Å². The van der Waals surface area contributed by atoms with Crippen LogP contribution in [0.5, 0.6) is 0 Å². The summed E-state index contributed by atoms with van der Waals surface area (Å²) in [5.41, 5.74) is 7.67. The van der Waals surface area contributed by atoms with Crippen molar-refractivity contribution in [2.45, 2.75) is 32.4 Å². The molecule has 0 aliphatic carbocycles. The zero-order valence-electron chi connectivity index (χ0n) is 11.8. The highest BCUT2D eigenvalue weighted by molar-refractivity contribution is 5.84. The quantitative estimate of drug-likeness (QED) is 0.828. The molecular formula is C15H23N3O. The molecule has 0 radical (unpaired) electrons. The van der Waals surface area contributed by atoms with Gasteiger partial charge in [0.05, 0.1) is 0 Å². The van der Waals surface area contributed by atoms with E-state index in [9.17, 15) is 4.79 Å². The van der Waals surface area contributed by atoms with E-state index in [0.717, 1.165) is 26.1 Å². The molecule has 4 heteroatoms. The van der Waals surface area contributed by atoms with E-state index < -0.39 is 5.54 Å². The molecule has 19 heavy (non-hydrogen) atoms. The van der Waals surface area contributed by atoms with Crippen LogP contribution in [0.4, 0.5) is 0 Å². The fourth-order valence-electron chi connectivity index (χ4n) is 2.75. The van der Waals surface area contributed by atoms with Crippen molar-refractivity contribution in [3.05, 3.63) is 35.4 Å². The second-order valence-electron chi connectivity index (χ2n) is 5.46. The molecule has 1 aromatic rings. The van der Waals surface area contributed by atoms with Gasteiger partial charge in [-0.1, -0.05) is 31.2 Å². The van der Waals surface area contributed by atoms with Gasteiger partial charge < -0.3 is 11.1 Å². The number of fused-ring (bicyclic) bond motifs is 1. The molecule has 104 valence electrons. The van der Waals surface area contributed by atoms with Crippen molar-refractivity contribution in [3.63, 3.8) is 0 Å². The number of likely N-dealkylation sites (N-methyl/N-ethyl adjacent to an activating group) is 1. The Bertz CT molecular complexity index is 460. The van der Waals surface area contributed by atoms with Crippen LogP contribution < -0.4 is 11.1 Å². The summed E-state index contributed by atoms with van der Waals surface area (Å²) < 4.78 is 0. The molecule has 2 rings (SSSR count). The van der Waals surface area contributed by atoms with E-state index in [0.29, 0.717) is 6.54 Å². The number of carbonyl (C=O) groups excluding carboxylic acids is 1. The van der Waals surface area contributed by atoms with Crippen molar-refractivity contribution in [1.82, 2.24) is 10.2 Å².